The predicted molar refractivity (Wildman–Crippen MR) is 89.1 cm³/mol. The molecule has 23 heavy (non-hydrogen) atoms. The predicted octanol–water partition coefficient (Wildman–Crippen LogP) is 3.19. The number of nitriles is 1. The van der Waals surface area contributed by atoms with E-state index in [-0.39, 0.29) is 4.90 Å². The molecule has 3 rings (SSSR count). The van der Waals surface area contributed by atoms with Crippen molar-refractivity contribution in [3.05, 3.63) is 77.9 Å². The molecule has 0 spiro atoms. The summed E-state index contributed by atoms with van der Waals surface area (Å²) in [6, 6.07) is 20.9. The zero-order valence-electron chi connectivity index (χ0n) is 12.2. The molecule has 0 saturated carbocycles. The van der Waals surface area contributed by atoms with Gasteiger partial charge >= 0.3 is 0 Å². The lowest BCUT2D eigenvalue weighted by atomic mass is 9.99. The van der Waals surface area contributed by atoms with Gasteiger partial charge in [-0.1, -0.05) is 54.6 Å². The number of nitrogens with one attached hydrogen (secondary N) is 1. The van der Waals surface area contributed by atoms with Gasteiger partial charge in [0.15, 0.2) is 6.19 Å². The molecule has 0 atom stereocenters. The number of benzene rings is 3. The lowest BCUT2D eigenvalue weighted by Gasteiger charge is -2.08. The Balaban J connectivity index is 1.90. The Morgan fingerprint density at radius 2 is 1.61 bits per heavy atom. The number of sulfonamides is 1. The molecular weight excluding hydrogens is 308 g/mol. The van der Waals surface area contributed by atoms with E-state index in [1.54, 1.807) is 12.1 Å². The summed E-state index contributed by atoms with van der Waals surface area (Å²) in [7, 11) is -3.75. The molecule has 0 radical (unpaired) electrons. The maximum Gasteiger partial charge on any atom is 0.270 e. The minimum Gasteiger partial charge on any atom is -0.215 e. The van der Waals surface area contributed by atoms with Gasteiger partial charge < -0.3 is 0 Å². The molecule has 1 N–H and O–H groups in total. The molecule has 3 aromatic rings. The minimum absolute atomic E-state index is 0.0840. The van der Waals surface area contributed by atoms with E-state index in [1.165, 1.54) is 34.7 Å². The van der Waals surface area contributed by atoms with Crippen molar-refractivity contribution in [2.24, 2.45) is 0 Å². The molecule has 0 unspecified atom stereocenters. The van der Waals surface area contributed by atoms with Crippen molar-refractivity contribution < 1.29 is 8.42 Å². The first kappa shape index (κ1) is 15.1. The topological polar surface area (TPSA) is 70.0 Å². The van der Waals surface area contributed by atoms with Gasteiger partial charge in [0.1, 0.15) is 0 Å². The highest BCUT2D eigenvalue weighted by atomic mass is 32.2. The van der Waals surface area contributed by atoms with Crippen molar-refractivity contribution >= 4 is 20.8 Å². The Labute approximate surface area is 135 Å². The summed E-state index contributed by atoms with van der Waals surface area (Å²) in [4.78, 5) is 0.0840. The van der Waals surface area contributed by atoms with Crippen molar-refractivity contribution in [2.45, 2.75) is 11.3 Å². The average molecular weight is 322 g/mol. The highest BCUT2D eigenvalue weighted by Gasteiger charge is 2.12. The summed E-state index contributed by atoms with van der Waals surface area (Å²) in [5, 5.41) is 10.8. The van der Waals surface area contributed by atoms with Gasteiger partial charge in [-0.05, 0) is 40.5 Å². The molecular formula is C18H14N2O2S. The number of fused-ring (bicyclic) bond motifs is 1. The molecule has 0 fully saturated rings. The van der Waals surface area contributed by atoms with E-state index in [2.05, 4.69) is 24.3 Å². The first-order chi connectivity index (χ1) is 11.1. The molecule has 0 bridgehead atoms. The molecule has 4 nitrogen and oxygen atoms in total. The summed E-state index contributed by atoms with van der Waals surface area (Å²) in [5.74, 6) is 0. The molecule has 0 aliphatic heterocycles. The van der Waals surface area contributed by atoms with Crippen molar-refractivity contribution in [3.63, 3.8) is 0 Å². The van der Waals surface area contributed by atoms with Crippen LogP contribution >= 0.6 is 0 Å². The summed E-state index contributed by atoms with van der Waals surface area (Å²) < 4.78 is 25.3. The maximum atomic E-state index is 11.7. The first-order valence-electron chi connectivity index (χ1n) is 7.07. The zero-order valence-corrected chi connectivity index (χ0v) is 13.0. The standard InChI is InChI=1S/C18H14N2O2S/c19-13-20-23(21,22)17-10-8-14(9-11-17)12-16-6-3-5-15-4-1-2-7-18(15)16/h1-11,20H,12H2. The molecule has 0 aromatic heterocycles. The molecule has 0 saturated heterocycles. The van der Waals surface area contributed by atoms with Crippen LogP contribution < -0.4 is 4.72 Å². The maximum absolute atomic E-state index is 11.7. The van der Waals surface area contributed by atoms with Crippen LogP contribution in [0, 0.1) is 11.5 Å². The molecule has 0 amide bonds. The van der Waals surface area contributed by atoms with Crippen LogP contribution in [-0.2, 0) is 16.4 Å². The first-order valence-corrected chi connectivity index (χ1v) is 8.55. The van der Waals surface area contributed by atoms with Crippen LogP contribution in [0.1, 0.15) is 11.1 Å². The van der Waals surface area contributed by atoms with Gasteiger partial charge in [0.25, 0.3) is 10.0 Å². The lowest BCUT2D eigenvalue weighted by molar-refractivity contribution is 0.591. The molecule has 114 valence electrons. The van der Waals surface area contributed by atoms with Gasteiger partial charge in [-0.25, -0.2) is 13.1 Å². The summed E-state index contributed by atoms with van der Waals surface area (Å²) >= 11 is 0. The van der Waals surface area contributed by atoms with E-state index >= 15 is 0 Å². The normalized spacial score (nSPS) is 11.1. The number of hydrogen-bond acceptors (Lipinski definition) is 3. The second-order valence-electron chi connectivity index (χ2n) is 5.18. The van der Waals surface area contributed by atoms with Gasteiger partial charge in [-0.2, -0.15) is 5.26 Å². The highest BCUT2D eigenvalue weighted by Crippen LogP contribution is 2.22. The van der Waals surface area contributed by atoms with Gasteiger partial charge in [0, 0.05) is 0 Å². The molecule has 0 heterocycles. The van der Waals surface area contributed by atoms with E-state index in [9.17, 15) is 8.42 Å². The Kier molecular flexibility index (Phi) is 4.00. The third kappa shape index (κ3) is 3.17. The van der Waals surface area contributed by atoms with Crippen LogP contribution in [0.2, 0.25) is 0 Å². The van der Waals surface area contributed by atoms with E-state index in [0.717, 1.165) is 5.56 Å². The van der Waals surface area contributed by atoms with E-state index < -0.39 is 10.0 Å². The molecule has 0 aliphatic rings. The van der Waals surface area contributed by atoms with Crippen LogP contribution in [0.25, 0.3) is 10.8 Å². The van der Waals surface area contributed by atoms with Gasteiger partial charge in [0.2, 0.25) is 0 Å². The van der Waals surface area contributed by atoms with Crippen LogP contribution in [-0.4, -0.2) is 8.42 Å². The molecule has 3 aromatic carbocycles. The van der Waals surface area contributed by atoms with Crippen molar-refractivity contribution in [1.82, 2.24) is 4.72 Å². The molecule has 5 heteroatoms. The second kappa shape index (κ2) is 6.11. The van der Waals surface area contributed by atoms with Crippen LogP contribution in [0.4, 0.5) is 0 Å². The number of hydrogen-bond donors (Lipinski definition) is 1. The fourth-order valence-electron chi connectivity index (χ4n) is 2.57. The van der Waals surface area contributed by atoms with Gasteiger partial charge in [-0.15, -0.1) is 0 Å². The summed E-state index contributed by atoms with van der Waals surface area (Å²) in [6.07, 6.45) is 2.16. The fraction of sp³-hybridized carbons (Fsp3) is 0.0556. The van der Waals surface area contributed by atoms with E-state index in [4.69, 9.17) is 5.26 Å². The Hall–Kier alpha value is -2.84. The van der Waals surface area contributed by atoms with Crippen LogP contribution in [0.3, 0.4) is 0 Å². The summed E-state index contributed by atoms with van der Waals surface area (Å²) in [6.45, 7) is 0. The van der Waals surface area contributed by atoms with E-state index in [0.29, 0.717) is 6.42 Å². The Bertz CT molecular complexity index is 982. The minimum atomic E-state index is -3.75. The van der Waals surface area contributed by atoms with Crippen molar-refractivity contribution in [3.8, 4) is 6.19 Å². The average Bonchev–Trinajstić information content (AvgIpc) is 2.56. The third-order valence-electron chi connectivity index (χ3n) is 3.69. The number of nitrogens with zero attached hydrogens (tertiary/aromatic N) is 1. The summed E-state index contributed by atoms with van der Waals surface area (Å²) in [5.41, 5.74) is 2.20. The fourth-order valence-corrected chi connectivity index (χ4v) is 3.30. The SMILES string of the molecule is N#CNS(=O)(=O)c1ccc(Cc2cccc3ccccc23)cc1. The number of rotatable bonds is 4. The Morgan fingerprint density at radius 1 is 0.913 bits per heavy atom. The van der Waals surface area contributed by atoms with Gasteiger partial charge in [-0.3, -0.25) is 0 Å². The lowest BCUT2D eigenvalue weighted by Crippen LogP contribution is -2.17. The van der Waals surface area contributed by atoms with E-state index in [1.807, 2.05) is 22.9 Å². The van der Waals surface area contributed by atoms with Crippen molar-refractivity contribution in [2.75, 3.05) is 0 Å². The zero-order chi connectivity index (χ0) is 16.3. The monoisotopic (exact) mass is 322 g/mol. The van der Waals surface area contributed by atoms with Crippen molar-refractivity contribution in [1.29, 1.82) is 5.26 Å². The molecule has 0 aliphatic carbocycles. The van der Waals surface area contributed by atoms with Gasteiger partial charge in [0.05, 0.1) is 4.90 Å². The largest absolute Gasteiger partial charge is 0.270 e. The van der Waals surface area contributed by atoms with Crippen LogP contribution in [0.5, 0.6) is 0 Å². The smallest absolute Gasteiger partial charge is 0.215 e. The Morgan fingerprint density at radius 3 is 2.35 bits per heavy atom. The quantitative estimate of drug-likeness (QED) is 0.592. The highest BCUT2D eigenvalue weighted by molar-refractivity contribution is 7.89. The second-order valence-corrected chi connectivity index (χ2v) is 6.86. The van der Waals surface area contributed by atoms with Crippen LogP contribution in [0.15, 0.2) is 71.6 Å². The third-order valence-corrected chi connectivity index (χ3v) is 4.94.